The summed E-state index contributed by atoms with van der Waals surface area (Å²) in [7, 11) is 0. The highest BCUT2D eigenvalue weighted by atomic mass is 79.9. The molecule has 0 aliphatic heterocycles. The lowest BCUT2D eigenvalue weighted by atomic mass is 10.1. The second kappa shape index (κ2) is 6.34. The Labute approximate surface area is 137 Å². The van der Waals surface area contributed by atoms with Crippen LogP contribution in [0.25, 0.3) is 10.9 Å². The average Bonchev–Trinajstić information content (AvgIpc) is 3.04. The Balaban J connectivity index is 1.95. The highest BCUT2D eigenvalue weighted by molar-refractivity contribution is 9.10. The molecular formula is C17H19BrN2S. The molecule has 0 unspecified atom stereocenters. The molecule has 1 N–H and O–H groups in total. The van der Waals surface area contributed by atoms with E-state index >= 15 is 0 Å². The summed E-state index contributed by atoms with van der Waals surface area (Å²) in [5.41, 5.74) is 2.71. The number of aromatic nitrogens is 1. The lowest BCUT2D eigenvalue weighted by molar-refractivity contribution is 0.589. The van der Waals surface area contributed by atoms with Gasteiger partial charge in [0.25, 0.3) is 0 Å². The number of halogens is 1. The topological polar surface area (TPSA) is 17.0 Å². The Hall–Kier alpha value is -1.10. The SMILES string of the molecule is CC(C)NCc1cccc2ccn(Cc3cc(Br)cs3)c12. The van der Waals surface area contributed by atoms with Crippen molar-refractivity contribution in [3.63, 3.8) is 0 Å². The number of rotatable bonds is 5. The molecule has 2 heterocycles. The lowest BCUT2D eigenvalue weighted by Crippen LogP contribution is -2.22. The van der Waals surface area contributed by atoms with Gasteiger partial charge in [-0.05, 0) is 39.0 Å². The molecule has 0 fully saturated rings. The first-order valence-corrected chi connectivity index (χ1v) is 8.84. The number of nitrogens with one attached hydrogen (secondary N) is 1. The molecule has 3 rings (SSSR count). The highest BCUT2D eigenvalue weighted by Crippen LogP contribution is 2.25. The number of nitrogens with zero attached hydrogens (tertiary/aromatic N) is 1. The summed E-state index contributed by atoms with van der Waals surface area (Å²) in [5, 5.41) is 6.98. The lowest BCUT2D eigenvalue weighted by Gasteiger charge is -2.12. The van der Waals surface area contributed by atoms with Gasteiger partial charge in [-0.3, -0.25) is 0 Å². The predicted octanol–water partition coefficient (Wildman–Crippen LogP) is 5.01. The number of hydrogen-bond acceptors (Lipinski definition) is 2. The molecule has 21 heavy (non-hydrogen) atoms. The van der Waals surface area contributed by atoms with Crippen molar-refractivity contribution in [2.45, 2.75) is 33.0 Å². The fourth-order valence-electron chi connectivity index (χ4n) is 2.53. The molecule has 0 saturated heterocycles. The molecule has 0 spiro atoms. The standard InChI is InChI=1S/C17H19BrN2S/c1-12(2)19-9-14-5-3-4-13-6-7-20(17(13)14)10-16-8-15(18)11-21-16/h3-8,11-12,19H,9-10H2,1-2H3. The van der Waals surface area contributed by atoms with Crippen LogP contribution in [0, 0.1) is 0 Å². The van der Waals surface area contributed by atoms with E-state index in [4.69, 9.17) is 0 Å². The molecular weight excluding hydrogens is 344 g/mol. The summed E-state index contributed by atoms with van der Waals surface area (Å²) in [6.07, 6.45) is 2.19. The van der Waals surface area contributed by atoms with Gasteiger partial charge in [0, 0.05) is 33.5 Å². The maximum absolute atomic E-state index is 3.53. The van der Waals surface area contributed by atoms with Gasteiger partial charge < -0.3 is 9.88 Å². The summed E-state index contributed by atoms with van der Waals surface area (Å²) in [6, 6.07) is 11.5. The zero-order chi connectivity index (χ0) is 14.8. The van der Waals surface area contributed by atoms with Crippen LogP contribution in [0.1, 0.15) is 24.3 Å². The van der Waals surface area contributed by atoms with Gasteiger partial charge in [0.2, 0.25) is 0 Å². The number of thiophene rings is 1. The molecule has 0 bridgehead atoms. The molecule has 0 aliphatic carbocycles. The number of para-hydroxylation sites is 1. The Kier molecular flexibility index (Phi) is 4.48. The molecule has 0 amide bonds. The van der Waals surface area contributed by atoms with Gasteiger partial charge in [-0.1, -0.05) is 32.0 Å². The first-order chi connectivity index (χ1) is 10.1. The second-order valence-electron chi connectivity index (χ2n) is 5.57. The highest BCUT2D eigenvalue weighted by Gasteiger charge is 2.08. The van der Waals surface area contributed by atoms with E-state index in [1.54, 1.807) is 11.3 Å². The third-order valence-corrected chi connectivity index (χ3v) is 5.20. The minimum Gasteiger partial charge on any atom is -0.342 e. The molecule has 0 aliphatic rings. The van der Waals surface area contributed by atoms with Gasteiger partial charge in [0.1, 0.15) is 0 Å². The summed E-state index contributed by atoms with van der Waals surface area (Å²) < 4.78 is 3.52. The van der Waals surface area contributed by atoms with E-state index < -0.39 is 0 Å². The molecule has 110 valence electrons. The smallest absolute Gasteiger partial charge is 0.0569 e. The quantitative estimate of drug-likeness (QED) is 0.674. The number of hydrogen-bond donors (Lipinski definition) is 1. The van der Waals surface area contributed by atoms with Gasteiger partial charge >= 0.3 is 0 Å². The fraction of sp³-hybridized carbons (Fsp3) is 0.294. The van der Waals surface area contributed by atoms with Crippen LogP contribution >= 0.6 is 27.3 Å². The molecule has 0 atom stereocenters. The van der Waals surface area contributed by atoms with E-state index in [9.17, 15) is 0 Å². The van der Waals surface area contributed by atoms with Crippen molar-refractivity contribution < 1.29 is 0 Å². The van der Waals surface area contributed by atoms with Crippen LogP contribution in [0.4, 0.5) is 0 Å². The summed E-state index contributed by atoms with van der Waals surface area (Å²) in [5.74, 6) is 0. The fourth-order valence-corrected chi connectivity index (χ4v) is 3.98. The minimum atomic E-state index is 0.497. The first-order valence-electron chi connectivity index (χ1n) is 7.16. The molecule has 0 saturated carbocycles. The maximum Gasteiger partial charge on any atom is 0.0569 e. The van der Waals surface area contributed by atoms with Crippen molar-refractivity contribution in [3.05, 3.63) is 56.8 Å². The van der Waals surface area contributed by atoms with Crippen molar-refractivity contribution in [1.29, 1.82) is 0 Å². The molecule has 4 heteroatoms. The molecule has 2 nitrogen and oxygen atoms in total. The second-order valence-corrected chi connectivity index (χ2v) is 7.48. The van der Waals surface area contributed by atoms with Crippen molar-refractivity contribution >= 4 is 38.2 Å². The Bertz CT molecular complexity index is 742. The van der Waals surface area contributed by atoms with Crippen LogP contribution in [0.2, 0.25) is 0 Å². The van der Waals surface area contributed by atoms with E-state index in [-0.39, 0.29) is 0 Å². The average molecular weight is 363 g/mol. The monoisotopic (exact) mass is 362 g/mol. The van der Waals surface area contributed by atoms with Crippen LogP contribution in [-0.4, -0.2) is 10.6 Å². The molecule has 0 radical (unpaired) electrons. The molecule has 1 aromatic carbocycles. The normalized spacial score (nSPS) is 11.6. The molecule has 2 aromatic heterocycles. The number of fused-ring (bicyclic) bond motifs is 1. The van der Waals surface area contributed by atoms with Crippen LogP contribution in [0.15, 0.2) is 46.4 Å². The predicted molar refractivity (Wildman–Crippen MR) is 95.0 cm³/mol. The van der Waals surface area contributed by atoms with Crippen molar-refractivity contribution in [2.24, 2.45) is 0 Å². The number of benzene rings is 1. The van der Waals surface area contributed by atoms with Gasteiger partial charge in [-0.25, -0.2) is 0 Å². The van der Waals surface area contributed by atoms with Gasteiger partial charge in [0.05, 0.1) is 12.1 Å². The first kappa shape index (κ1) is 14.8. The van der Waals surface area contributed by atoms with Crippen molar-refractivity contribution in [2.75, 3.05) is 0 Å². The third-order valence-electron chi connectivity index (χ3n) is 3.52. The largest absolute Gasteiger partial charge is 0.342 e. The Morgan fingerprint density at radius 3 is 2.86 bits per heavy atom. The Morgan fingerprint density at radius 1 is 1.29 bits per heavy atom. The van der Waals surface area contributed by atoms with E-state index in [1.807, 2.05) is 0 Å². The summed E-state index contributed by atoms with van der Waals surface area (Å²) in [4.78, 5) is 1.37. The zero-order valence-corrected chi connectivity index (χ0v) is 14.7. The van der Waals surface area contributed by atoms with Gasteiger partial charge in [-0.2, -0.15) is 0 Å². The van der Waals surface area contributed by atoms with Crippen LogP contribution in [-0.2, 0) is 13.1 Å². The van der Waals surface area contributed by atoms with Crippen LogP contribution in [0.5, 0.6) is 0 Å². The summed E-state index contributed by atoms with van der Waals surface area (Å²) >= 11 is 5.33. The maximum atomic E-state index is 3.53. The Morgan fingerprint density at radius 2 is 2.14 bits per heavy atom. The van der Waals surface area contributed by atoms with E-state index in [0.717, 1.165) is 13.1 Å². The zero-order valence-electron chi connectivity index (χ0n) is 12.3. The van der Waals surface area contributed by atoms with Gasteiger partial charge in [-0.15, -0.1) is 11.3 Å². The van der Waals surface area contributed by atoms with E-state index in [1.165, 1.54) is 25.8 Å². The molecule has 3 aromatic rings. The van der Waals surface area contributed by atoms with Crippen molar-refractivity contribution in [3.8, 4) is 0 Å². The van der Waals surface area contributed by atoms with Crippen LogP contribution < -0.4 is 5.32 Å². The van der Waals surface area contributed by atoms with Gasteiger partial charge in [0.15, 0.2) is 0 Å². The van der Waals surface area contributed by atoms with E-state index in [2.05, 4.69) is 81.6 Å². The van der Waals surface area contributed by atoms with Crippen molar-refractivity contribution in [1.82, 2.24) is 9.88 Å². The van der Waals surface area contributed by atoms with Crippen LogP contribution in [0.3, 0.4) is 0 Å². The third kappa shape index (κ3) is 3.39. The van der Waals surface area contributed by atoms with E-state index in [0.29, 0.717) is 6.04 Å². The summed E-state index contributed by atoms with van der Waals surface area (Å²) in [6.45, 7) is 6.20. The minimum absolute atomic E-state index is 0.497.